The lowest BCUT2D eigenvalue weighted by Gasteiger charge is -2.17. The molecular weight excluding hydrogens is 322 g/mol. The number of para-hydroxylation sites is 2. The number of hydrogen-bond donors (Lipinski definition) is 1. The SMILES string of the molecule is CCc1c(C)c(C#N)c2nc3ccccc3n2c1NCc1cccc[nH+]1. The van der Waals surface area contributed by atoms with Crippen LogP contribution in [0.25, 0.3) is 16.7 Å². The molecule has 0 saturated carbocycles. The maximum atomic E-state index is 9.73. The van der Waals surface area contributed by atoms with Crippen molar-refractivity contribution in [3.8, 4) is 6.07 Å². The average molecular weight is 342 g/mol. The van der Waals surface area contributed by atoms with Gasteiger partial charge in [-0.2, -0.15) is 5.26 Å². The van der Waals surface area contributed by atoms with Crippen molar-refractivity contribution in [2.75, 3.05) is 5.32 Å². The third kappa shape index (κ3) is 2.47. The Morgan fingerprint density at radius 1 is 1.19 bits per heavy atom. The largest absolute Gasteiger partial charge is 0.361 e. The van der Waals surface area contributed by atoms with Crippen LogP contribution in [-0.4, -0.2) is 9.38 Å². The molecule has 4 rings (SSSR count). The van der Waals surface area contributed by atoms with Gasteiger partial charge in [0.15, 0.2) is 17.5 Å². The summed E-state index contributed by atoms with van der Waals surface area (Å²) in [5.41, 5.74) is 6.50. The highest BCUT2D eigenvalue weighted by atomic mass is 15.1. The van der Waals surface area contributed by atoms with Crippen molar-refractivity contribution in [3.63, 3.8) is 0 Å². The van der Waals surface area contributed by atoms with Crippen molar-refractivity contribution in [3.05, 3.63) is 71.0 Å². The fourth-order valence-electron chi connectivity index (χ4n) is 3.52. The van der Waals surface area contributed by atoms with Crippen LogP contribution in [0.5, 0.6) is 0 Å². The van der Waals surface area contributed by atoms with Crippen molar-refractivity contribution >= 4 is 22.5 Å². The van der Waals surface area contributed by atoms with E-state index in [2.05, 4.69) is 33.8 Å². The van der Waals surface area contributed by atoms with E-state index in [0.717, 1.165) is 40.1 Å². The summed E-state index contributed by atoms with van der Waals surface area (Å²) in [4.78, 5) is 7.98. The van der Waals surface area contributed by atoms with Gasteiger partial charge >= 0.3 is 0 Å². The lowest BCUT2D eigenvalue weighted by atomic mass is 10.0. The van der Waals surface area contributed by atoms with Crippen molar-refractivity contribution in [2.45, 2.75) is 26.8 Å². The molecule has 0 unspecified atom stereocenters. The van der Waals surface area contributed by atoms with Gasteiger partial charge in [0.1, 0.15) is 18.4 Å². The summed E-state index contributed by atoms with van der Waals surface area (Å²) >= 11 is 0. The number of imidazole rings is 1. The average Bonchev–Trinajstić information content (AvgIpc) is 3.06. The van der Waals surface area contributed by atoms with Crippen molar-refractivity contribution < 1.29 is 4.98 Å². The lowest BCUT2D eigenvalue weighted by molar-refractivity contribution is -0.389. The second-order valence-corrected chi connectivity index (χ2v) is 6.29. The summed E-state index contributed by atoms with van der Waals surface area (Å²) in [6.45, 7) is 4.80. The molecule has 0 saturated heterocycles. The van der Waals surface area contributed by atoms with E-state index in [1.54, 1.807) is 0 Å². The zero-order valence-electron chi connectivity index (χ0n) is 14.9. The van der Waals surface area contributed by atoms with Crippen LogP contribution in [0.2, 0.25) is 0 Å². The molecule has 0 aliphatic carbocycles. The minimum absolute atomic E-state index is 0.648. The number of nitriles is 1. The minimum Gasteiger partial charge on any atom is -0.361 e. The van der Waals surface area contributed by atoms with Crippen LogP contribution < -0.4 is 10.3 Å². The summed E-state index contributed by atoms with van der Waals surface area (Å²) < 4.78 is 2.09. The molecule has 3 aromatic heterocycles. The molecule has 0 atom stereocenters. The summed E-state index contributed by atoms with van der Waals surface area (Å²) in [6, 6.07) is 16.4. The van der Waals surface area contributed by atoms with E-state index >= 15 is 0 Å². The third-order valence-electron chi connectivity index (χ3n) is 4.81. The van der Waals surface area contributed by atoms with E-state index in [-0.39, 0.29) is 0 Å². The first-order valence-electron chi connectivity index (χ1n) is 8.76. The molecule has 5 heteroatoms. The number of benzene rings is 1. The third-order valence-corrected chi connectivity index (χ3v) is 4.81. The molecule has 0 radical (unpaired) electrons. The highest BCUT2D eigenvalue weighted by molar-refractivity contribution is 5.86. The Balaban J connectivity index is 1.98. The Bertz CT molecular complexity index is 1140. The first kappa shape index (κ1) is 16.1. The Morgan fingerprint density at radius 3 is 2.73 bits per heavy atom. The number of aromatic nitrogens is 3. The Labute approximate surface area is 151 Å². The fraction of sp³-hybridized carbons (Fsp3) is 0.190. The first-order chi connectivity index (χ1) is 12.7. The Kier molecular flexibility index (Phi) is 4.02. The molecule has 0 fully saturated rings. The minimum atomic E-state index is 0.648. The molecule has 2 N–H and O–H groups in total. The number of aromatic amines is 1. The molecule has 0 spiro atoms. The Morgan fingerprint density at radius 2 is 2.00 bits per heavy atom. The van der Waals surface area contributed by atoms with E-state index in [0.29, 0.717) is 17.8 Å². The number of fused-ring (bicyclic) bond motifs is 3. The zero-order chi connectivity index (χ0) is 18.1. The second-order valence-electron chi connectivity index (χ2n) is 6.29. The molecule has 0 aliphatic heterocycles. The van der Waals surface area contributed by atoms with E-state index in [4.69, 9.17) is 4.98 Å². The first-order valence-corrected chi connectivity index (χ1v) is 8.76. The standard InChI is InChI=1S/C21H19N5/c1-3-16-14(2)17(12-22)21-25-18-9-4-5-10-19(18)26(21)20(16)24-13-15-8-6-7-11-23-15/h4-11,24H,3,13H2,1-2H3/p+1. The van der Waals surface area contributed by atoms with Gasteiger partial charge in [-0.05, 0) is 36.6 Å². The van der Waals surface area contributed by atoms with E-state index in [1.807, 2.05) is 49.5 Å². The molecule has 1 aromatic carbocycles. The maximum Gasteiger partial charge on any atom is 0.198 e. The van der Waals surface area contributed by atoms with Crippen LogP contribution in [0.15, 0.2) is 48.7 Å². The highest BCUT2D eigenvalue weighted by Crippen LogP contribution is 2.31. The Hall–Kier alpha value is -3.39. The van der Waals surface area contributed by atoms with Gasteiger partial charge in [0.2, 0.25) is 0 Å². The predicted molar refractivity (Wildman–Crippen MR) is 102 cm³/mol. The van der Waals surface area contributed by atoms with Gasteiger partial charge in [-0.3, -0.25) is 4.40 Å². The molecule has 0 bridgehead atoms. The lowest BCUT2D eigenvalue weighted by Crippen LogP contribution is -2.16. The zero-order valence-corrected chi connectivity index (χ0v) is 14.9. The predicted octanol–water partition coefficient (Wildman–Crippen LogP) is 3.66. The molecule has 5 nitrogen and oxygen atoms in total. The van der Waals surface area contributed by atoms with Crippen LogP contribution in [0.1, 0.15) is 29.3 Å². The van der Waals surface area contributed by atoms with Gasteiger partial charge in [0.05, 0.1) is 16.6 Å². The highest BCUT2D eigenvalue weighted by Gasteiger charge is 2.20. The van der Waals surface area contributed by atoms with E-state index < -0.39 is 0 Å². The van der Waals surface area contributed by atoms with Crippen LogP contribution >= 0.6 is 0 Å². The fourth-order valence-corrected chi connectivity index (χ4v) is 3.52. The van der Waals surface area contributed by atoms with Crippen LogP contribution in [0.4, 0.5) is 5.82 Å². The van der Waals surface area contributed by atoms with Gasteiger partial charge in [0, 0.05) is 12.1 Å². The summed E-state index contributed by atoms with van der Waals surface area (Å²) in [7, 11) is 0. The second kappa shape index (κ2) is 6.49. The van der Waals surface area contributed by atoms with Crippen molar-refractivity contribution in [1.29, 1.82) is 5.26 Å². The normalized spacial score (nSPS) is 11.0. The number of nitrogens with zero attached hydrogens (tertiary/aromatic N) is 3. The van der Waals surface area contributed by atoms with Gasteiger partial charge in [-0.25, -0.2) is 9.97 Å². The monoisotopic (exact) mass is 342 g/mol. The van der Waals surface area contributed by atoms with E-state index in [9.17, 15) is 5.26 Å². The number of hydrogen-bond acceptors (Lipinski definition) is 3. The van der Waals surface area contributed by atoms with Gasteiger partial charge in [-0.15, -0.1) is 0 Å². The molecule has 0 amide bonds. The number of anilines is 1. The van der Waals surface area contributed by atoms with Crippen LogP contribution in [-0.2, 0) is 13.0 Å². The van der Waals surface area contributed by atoms with E-state index in [1.165, 1.54) is 0 Å². The molecule has 26 heavy (non-hydrogen) atoms. The molecule has 128 valence electrons. The van der Waals surface area contributed by atoms with Crippen molar-refractivity contribution in [2.24, 2.45) is 0 Å². The number of nitrogens with one attached hydrogen (secondary N) is 2. The maximum absolute atomic E-state index is 9.73. The quantitative estimate of drug-likeness (QED) is 0.615. The topological polar surface area (TPSA) is 67.3 Å². The molecule has 4 aromatic rings. The van der Waals surface area contributed by atoms with Gasteiger partial charge < -0.3 is 5.32 Å². The molecular formula is C21H20N5+. The molecule has 0 aliphatic rings. The number of rotatable bonds is 4. The van der Waals surface area contributed by atoms with Crippen LogP contribution in [0.3, 0.4) is 0 Å². The number of pyridine rings is 2. The number of H-pyrrole nitrogens is 1. The van der Waals surface area contributed by atoms with Gasteiger partial charge in [-0.1, -0.05) is 25.1 Å². The summed E-state index contributed by atoms with van der Waals surface area (Å²) in [5, 5.41) is 13.3. The van der Waals surface area contributed by atoms with Crippen LogP contribution in [0, 0.1) is 18.3 Å². The summed E-state index contributed by atoms with van der Waals surface area (Å²) in [5.74, 6) is 1.00. The molecule has 3 heterocycles. The smallest absolute Gasteiger partial charge is 0.198 e. The summed E-state index contributed by atoms with van der Waals surface area (Å²) in [6.07, 6.45) is 2.76. The van der Waals surface area contributed by atoms with Crippen molar-refractivity contribution in [1.82, 2.24) is 9.38 Å². The van der Waals surface area contributed by atoms with Gasteiger partial charge in [0.25, 0.3) is 0 Å².